The Labute approximate surface area is 184 Å². The minimum atomic E-state index is 0.382. The van der Waals surface area contributed by atoms with Gasteiger partial charge in [0.05, 0.1) is 16.8 Å². The molecule has 10 heteroatoms. The molecule has 5 rings (SSSR count). The lowest BCUT2D eigenvalue weighted by atomic mass is 10.1. The molecule has 1 aromatic carbocycles. The Morgan fingerprint density at radius 1 is 1.06 bits per heavy atom. The molecule has 0 amide bonds. The second-order valence-corrected chi connectivity index (χ2v) is 7.88. The molecule has 0 spiro atoms. The number of hydrogen-bond donors (Lipinski definition) is 4. The summed E-state index contributed by atoms with van der Waals surface area (Å²) >= 11 is 6.05. The van der Waals surface area contributed by atoms with E-state index in [-0.39, 0.29) is 0 Å². The van der Waals surface area contributed by atoms with E-state index in [1.165, 1.54) is 0 Å². The van der Waals surface area contributed by atoms with Crippen molar-refractivity contribution in [1.82, 2.24) is 35.5 Å². The number of fused-ring (bicyclic) bond motifs is 1. The minimum Gasteiger partial charge on any atom is -0.351 e. The van der Waals surface area contributed by atoms with E-state index >= 15 is 0 Å². The molecule has 0 unspecified atom stereocenters. The van der Waals surface area contributed by atoms with Crippen LogP contribution in [0.3, 0.4) is 0 Å². The number of anilines is 2. The number of nitrogens with one attached hydrogen (secondary N) is 4. The van der Waals surface area contributed by atoms with Crippen LogP contribution in [0.15, 0.2) is 42.7 Å². The Hall–Kier alpha value is -3.30. The van der Waals surface area contributed by atoms with Crippen molar-refractivity contribution in [3.05, 3.63) is 53.3 Å². The number of benzene rings is 1. The second-order valence-electron chi connectivity index (χ2n) is 7.45. The quantitative estimate of drug-likeness (QED) is 0.364. The molecule has 4 N–H and O–H groups in total. The van der Waals surface area contributed by atoms with Gasteiger partial charge in [-0.2, -0.15) is 10.1 Å². The third kappa shape index (κ3) is 4.57. The van der Waals surface area contributed by atoms with Crippen molar-refractivity contribution in [3.63, 3.8) is 0 Å². The zero-order chi connectivity index (χ0) is 21.0. The van der Waals surface area contributed by atoms with Gasteiger partial charge in [-0.3, -0.25) is 5.10 Å². The molecule has 0 radical (unpaired) electrons. The summed E-state index contributed by atoms with van der Waals surface area (Å²) in [5, 5.41) is 18.9. The van der Waals surface area contributed by atoms with Crippen LogP contribution in [0.25, 0.3) is 22.4 Å². The SMILES string of the molecule is Clc1cccc(CNc2nccc(-c3[nH]nc4nc(NC5CCNCC5)ncc34)n2)c1. The summed E-state index contributed by atoms with van der Waals surface area (Å²) in [4.78, 5) is 18.0. The summed E-state index contributed by atoms with van der Waals surface area (Å²) in [6.45, 7) is 2.59. The Kier molecular flexibility index (Phi) is 5.59. The van der Waals surface area contributed by atoms with Crippen LogP contribution in [0, 0.1) is 0 Å². The van der Waals surface area contributed by atoms with Crippen LogP contribution in [-0.2, 0) is 6.54 Å². The highest BCUT2D eigenvalue weighted by molar-refractivity contribution is 6.30. The van der Waals surface area contributed by atoms with Gasteiger partial charge >= 0.3 is 0 Å². The van der Waals surface area contributed by atoms with Crippen LogP contribution >= 0.6 is 11.6 Å². The van der Waals surface area contributed by atoms with Gasteiger partial charge in [-0.05, 0) is 49.7 Å². The first kappa shape index (κ1) is 19.7. The smallest absolute Gasteiger partial charge is 0.224 e. The summed E-state index contributed by atoms with van der Waals surface area (Å²) in [5.41, 5.74) is 3.13. The molecule has 1 saturated heterocycles. The maximum atomic E-state index is 6.05. The first-order valence-electron chi connectivity index (χ1n) is 10.2. The van der Waals surface area contributed by atoms with E-state index in [1.807, 2.05) is 30.3 Å². The zero-order valence-electron chi connectivity index (χ0n) is 16.8. The standard InChI is InChI=1S/C21H22ClN9/c22-14-3-1-2-13(10-14)11-25-20-24-9-6-17(28-20)18-16-12-26-21(29-19(16)31-30-18)27-15-4-7-23-8-5-15/h1-3,6,9-10,12,15,23H,4-5,7-8,11H2,(H,24,25,28)(H2,26,27,29,30,31). The third-order valence-corrected chi connectivity index (χ3v) is 5.47. The van der Waals surface area contributed by atoms with Gasteiger partial charge in [0.15, 0.2) is 5.65 Å². The van der Waals surface area contributed by atoms with Gasteiger partial charge < -0.3 is 16.0 Å². The van der Waals surface area contributed by atoms with Gasteiger partial charge in [-0.1, -0.05) is 23.7 Å². The fourth-order valence-corrected chi connectivity index (χ4v) is 3.84. The first-order valence-corrected chi connectivity index (χ1v) is 10.6. The molecule has 31 heavy (non-hydrogen) atoms. The van der Waals surface area contributed by atoms with E-state index in [0.29, 0.717) is 40.8 Å². The summed E-state index contributed by atoms with van der Waals surface area (Å²) in [6, 6.07) is 9.89. The largest absolute Gasteiger partial charge is 0.351 e. The van der Waals surface area contributed by atoms with Crippen LogP contribution < -0.4 is 16.0 Å². The van der Waals surface area contributed by atoms with Crippen molar-refractivity contribution in [3.8, 4) is 11.4 Å². The van der Waals surface area contributed by atoms with Crippen LogP contribution in [0.4, 0.5) is 11.9 Å². The van der Waals surface area contributed by atoms with Gasteiger partial charge in [0, 0.05) is 30.0 Å². The monoisotopic (exact) mass is 435 g/mol. The first-order chi connectivity index (χ1) is 15.2. The number of nitrogens with zero attached hydrogens (tertiary/aromatic N) is 5. The molecule has 3 aromatic heterocycles. The molecule has 1 aliphatic heterocycles. The van der Waals surface area contributed by atoms with Crippen molar-refractivity contribution < 1.29 is 0 Å². The van der Waals surface area contributed by atoms with E-state index in [4.69, 9.17) is 11.6 Å². The highest BCUT2D eigenvalue weighted by Gasteiger charge is 2.16. The number of aromatic nitrogens is 6. The second kappa shape index (κ2) is 8.83. The molecular weight excluding hydrogens is 414 g/mol. The summed E-state index contributed by atoms with van der Waals surface area (Å²) in [6.07, 6.45) is 5.60. The van der Waals surface area contributed by atoms with Crippen molar-refractivity contribution in [2.45, 2.75) is 25.4 Å². The molecule has 4 heterocycles. The normalized spacial score (nSPS) is 14.6. The van der Waals surface area contributed by atoms with Crippen LogP contribution in [0.1, 0.15) is 18.4 Å². The van der Waals surface area contributed by atoms with E-state index < -0.39 is 0 Å². The summed E-state index contributed by atoms with van der Waals surface area (Å²) in [7, 11) is 0. The highest BCUT2D eigenvalue weighted by atomic mass is 35.5. The number of hydrogen-bond acceptors (Lipinski definition) is 8. The van der Waals surface area contributed by atoms with E-state index in [1.54, 1.807) is 12.4 Å². The Bertz CT molecular complexity index is 1190. The lowest BCUT2D eigenvalue weighted by molar-refractivity contribution is 0.477. The van der Waals surface area contributed by atoms with E-state index in [9.17, 15) is 0 Å². The van der Waals surface area contributed by atoms with E-state index in [2.05, 4.69) is 46.1 Å². The van der Waals surface area contributed by atoms with Crippen LogP contribution in [0.2, 0.25) is 5.02 Å². The highest BCUT2D eigenvalue weighted by Crippen LogP contribution is 2.25. The van der Waals surface area contributed by atoms with Crippen LogP contribution in [-0.4, -0.2) is 49.3 Å². The Morgan fingerprint density at radius 3 is 2.84 bits per heavy atom. The fraction of sp³-hybridized carbons (Fsp3) is 0.286. The molecular formula is C21H22ClN9. The topological polar surface area (TPSA) is 116 Å². The maximum absolute atomic E-state index is 6.05. The average molecular weight is 436 g/mol. The molecule has 0 saturated carbocycles. The number of H-pyrrole nitrogens is 1. The van der Waals surface area contributed by atoms with Gasteiger partial charge in [-0.15, -0.1) is 0 Å². The Balaban J connectivity index is 1.33. The maximum Gasteiger partial charge on any atom is 0.224 e. The third-order valence-electron chi connectivity index (χ3n) is 5.24. The average Bonchev–Trinajstić information content (AvgIpc) is 3.22. The molecule has 1 fully saturated rings. The molecule has 9 nitrogen and oxygen atoms in total. The zero-order valence-corrected chi connectivity index (χ0v) is 17.5. The predicted octanol–water partition coefficient (Wildman–Crippen LogP) is 3.24. The van der Waals surface area contributed by atoms with Gasteiger partial charge in [0.1, 0.15) is 0 Å². The van der Waals surface area contributed by atoms with Gasteiger partial charge in [-0.25, -0.2) is 15.0 Å². The molecule has 0 bridgehead atoms. The van der Waals surface area contributed by atoms with Crippen LogP contribution in [0.5, 0.6) is 0 Å². The summed E-state index contributed by atoms with van der Waals surface area (Å²) < 4.78 is 0. The molecule has 158 valence electrons. The molecule has 0 atom stereocenters. The van der Waals surface area contributed by atoms with Gasteiger partial charge in [0.25, 0.3) is 0 Å². The van der Waals surface area contributed by atoms with Crippen molar-refractivity contribution >= 4 is 34.5 Å². The Morgan fingerprint density at radius 2 is 1.97 bits per heavy atom. The number of piperidine rings is 1. The fourth-order valence-electron chi connectivity index (χ4n) is 3.63. The molecule has 0 aliphatic carbocycles. The lowest BCUT2D eigenvalue weighted by Gasteiger charge is -2.23. The van der Waals surface area contributed by atoms with E-state index in [0.717, 1.165) is 42.6 Å². The molecule has 4 aromatic rings. The number of aromatic amines is 1. The predicted molar refractivity (Wildman–Crippen MR) is 121 cm³/mol. The van der Waals surface area contributed by atoms with Gasteiger partial charge in [0.2, 0.25) is 11.9 Å². The molecule has 1 aliphatic rings. The van der Waals surface area contributed by atoms with Crippen molar-refractivity contribution in [1.29, 1.82) is 0 Å². The minimum absolute atomic E-state index is 0.382. The van der Waals surface area contributed by atoms with Crippen molar-refractivity contribution in [2.24, 2.45) is 0 Å². The lowest BCUT2D eigenvalue weighted by Crippen LogP contribution is -2.35. The van der Waals surface area contributed by atoms with Crippen molar-refractivity contribution in [2.75, 3.05) is 23.7 Å². The summed E-state index contributed by atoms with van der Waals surface area (Å²) in [5.74, 6) is 1.12. The number of halogens is 1. The number of rotatable bonds is 6.